The summed E-state index contributed by atoms with van der Waals surface area (Å²) in [6, 6.07) is 10.3. The normalized spacial score (nSPS) is 11.1. The largest absolute Gasteiger partial charge is 0.0986 e. The van der Waals surface area contributed by atoms with Crippen LogP contribution in [0, 0.1) is 17.3 Å². The molecule has 0 aliphatic heterocycles. The van der Waals surface area contributed by atoms with Gasteiger partial charge in [0.05, 0.1) is 0 Å². The fraction of sp³-hybridized carbons (Fsp3) is 0.333. The first-order valence-electron chi connectivity index (χ1n) is 5.29. The van der Waals surface area contributed by atoms with E-state index in [0.29, 0.717) is 0 Å². The summed E-state index contributed by atoms with van der Waals surface area (Å²) in [6.07, 6.45) is 5.04. The monoisotopic (exact) mass is 198 g/mol. The van der Waals surface area contributed by atoms with Crippen LogP contribution < -0.4 is 0 Å². The SMILES string of the molecule is CC(C)(C)C#CC/C=C/c1ccccc1. The molecule has 0 nitrogen and oxygen atoms in total. The van der Waals surface area contributed by atoms with E-state index in [1.54, 1.807) is 0 Å². The first kappa shape index (κ1) is 11.6. The third-order valence-corrected chi connectivity index (χ3v) is 1.79. The number of hydrogen-bond acceptors (Lipinski definition) is 0. The minimum atomic E-state index is 0.112. The molecule has 1 aromatic carbocycles. The van der Waals surface area contributed by atoms with E-state index in [1.807, 2.05) is 18.2 Å². The molecular formula is C15H18. The zero-order valence-corrected chi connectivity index (χ0v) is 9.75. The predicted molar refractivity (Wildman–Crippen MR) is 67.3 cm³/mol. The van der Waals surface area contributed by atoms with Crippen molar-refractivity contribution >= 4 is 6.08 Å². The quantitative estimate of drug-likeness (QED) is 0.626. The zero-order valence-electron chi connectivity index (χ0n) is 9.75. The fourth-order valence-electron chi connectivity index (χ4n) is 1.13. The average Bonchev–Trinajstić information content (AvgIpc) is 2.17. The van der Waals surface area contributed by atoms with Gasteiger partial charge in [-0.2, -0.15) is 0 Å². The van der Waals surface area contributed by atoms with Gasteiger partial charge in [0, 0.05) is 11.8 Å². The van der Waals surface area contributed by atoms with E-state index in [4.69, 9.17) is 0 Å². The molecule has 0 fully saturated rings. The molecule has 0 spiro atoms. The van der Waals surface area contributed by atoms with E-state index in [9.17, 15) is 0 Å². The molecule has 0 heterocycles. The molecule has 1 rings (SSSR count). The summed E-state index contributed by atoms with van der Waals surface area (Å²) < 4.78 is 0. The molecule has 1 aromatic rings. The Hall–Kier alpha value is -1.48. The predicted octanol–water partition coefficient (Wildman–Crippen LogP) is 4.14. The first-order valence-corrected chi connectivity index (χ1v) is 5.29. The standard InChI is InChI=1S/C15H18/c1-15(2,3)13-9-5-8-12-14-10-6-4-7-11-14/h4,6-8,10-12H,5H2,1-3H3/b12-8+. The second-order valence-electron chi connectivity index (χ2n) is 4.57. The van der Waals surface area contributed by atoms with Crippen molar-refractivity contribution in [2.24, 2.45) is 5.41 Å². The van der Waals surface area contributed by atoms with Crippen LogP contribution in [0.3, 0.4) is 0 Å². The second kappa shape index (κ2) is 5.41. The van der Waals surface area contributed by atoms with E-state index < -0.39 is 0 Å². The maximum absolute atomic E-state index is 3.21. The van der Waals surface area contributed by atoms with Gasteiger partial charge < -0.3 is 0 Å². The van der Waals surface area contributed by atoms with Gasteiger partial charge in [-0.1, -0.05) is 54.3 Å². The lowest BCUT2D eigenvalue weighted by atomic mass is 9.98. The van der Waals surface area contributed by atoms with Crippen LogP contribution in [0.4, 0.5) is 0 Å². The van der Waals surface area contributed by atoms with Crippen LogP contribution in [0.2, 0.25) is 0 Å². The molecule has 0 saturated carbocycles. The minimum absolute atomic E-state index is 0.112. The van der Waals surface area contributed by atoms with Gasteiger partial charge in [0.25, 0.3) is 0 Å². The van der Waals surface area contributed by atoms with Gasteiger partial charge >= 0.3 is 0 Å². The molecule has 0 atom stereocenters. The molecule has 0 aliphatic rings. The van der Waals surface area contributed by atoms with Gasteiger partial charge in [0.1, 0.15) is 0 Å². The molecule has 0 aromatic heterocycles. The van der Waals surface area contributed by atoms with Crippen molar-refractivity contribution < 1.29 is 0 Å². The highest BCUT2D eigenvalue weighted by atomic mass is 14.0. The van der Waals surface area contributed by atoms with Gasteiger partial charge in [-0.15, -0.1) is 0 Å². The number of benzene rings is 1. The van der Waals surface area contributed by atoms with E-state index in [-0.39, 0.29) is 5.41 Å². The number of rotatable bonds is 2. The van der Waals surface area contributed by atoms with Crippen LogP contribution in [0.25, 0.3) is 6.08 Å². The van der Waals surface area contributed by atoms with Crippen molar-refractivity contribution in [1.82, 2.24) is 0 Å². The maximum atomic E-state index is 3.21. The number of allylic oxidation sites excluding steroid dienone is 1. The lowest BCUT2D eigenvalue weighted by molar-refractivity contribution is 0.570. The Balaban J connectivity index is 2.44. The summed E-state index contributed by atoms with van der Waals surface area (Å²) in [7, 11) is 0. The molecule has 0 radical (unpaired) electrons. The van der Waals surface area contributed by atoms with Crippen LogP contribution in [0.1, 0.15) is 32.8 Å². The summed E-state index contributed by atoms with van der Waals surface area (Å²) in [5.74, 6) is 6.37. The van der Waals surface area contributed by atoms with Crippen LogP contribution in [0.5, 0.6) is 0 Å². The maximum Gasteiger partial charge on any atom is 0.0273 e. The number of hydrogen-bond donors (Lipinski definition) is 0. The van der Waals surface area contributed by atoms with Gasteiger partial charge in [-0.3, -0.25) is 0 Å². The van der Waals surface area contributed by atoms with E-state index in [2.05, 4.69) is 56.9 Å². The van der Waals surface area contributed by atoms with Gasteiger partial charge in [-0.05, 0) is 26.3 Å². The van der Waals surface area contributed by atoms with Gasteiger partial charge in [0.2, 0.25) is 0 Å². The molecule has 0 saturated heterocycles. The van der Waals surface area contributed by atoms with E-state index in [1.165, 1.54) is 5.56 Å². The lowest BCUT2D eigenvalue weighted by Crippen LogP contribution is -1.98. The lowest BCUT2D eigenvalue weighted by Gasteiger charge is -2.06. The molecule has 0 aliphatic carbocycles. The second-order valence-corrected chi connectivity index (χ2v) is 4.57. The molecule has 78 valence electrons. The Morgan fingerprint density at radius 2 is 1.80 bits per heavy atom. The summed E-state index contributed by atoms with van der Waals surface area (Å²) in [6.45, 7) is 6.38. The van der Waals surface area contributed by atoms with Crippen molar-refractivity contribution in [3.05, 3.63) is 42.0 Å². The Bertz CT molecular complexity index is 366. The first-order chi connectivity index (χ1) is 7.08. The third kappa shape index (κ3) is 5.75. The van der Waals surface area contributed by atoms with Crippen LogP contribution in [-0.2, 0) is 0 Å². The smallest absolute Gasteiger partial charge is 0.0273 e. The van der Waals surface area contributed by atoms with Crippen molar-refractivity contribution in [3.8, 4) is 11.8 Å². The molecule has 0 N–H and O–H groups in total. The Morgan fingerprint density at radius 3 is 2.40 bits per heavy atom. The minimum Gasteiger partial charge on any atom is -0.0986 e. The van der Waals surface area contributed by atoms with Crippen molar-refractivity contribution in [3.63, 3.8) is 0 Å². The Kier molecular flexibility index (Phi) is 4.18. The van der Waals surface area contributed by atoms with Crippen LogP contribution in [0.15, 0.2) is 36.4 Å². The van der Waals surface area contributed by atoms with Crippen LogP contribution in [-0.4, -0.2) is 0 Å². The van der Waals surface area contributed by atoms with Crippen LogP contribution >= 0.6 is 0 Å². The van der Waals surface area contributed by atoms with Crippen molar-refractivity contribution in [1.29, 1.82) is 0 Å². The zero-order chi connectivity index (χ0) is 11.1. The Labute approximate surface area is 93.0 Å². The van der Waals surface area contributed by atoms with E-state index >= 15 is 0 Å². The average molecular weight is 198 g/mol. The molecule has 0 heteroatoms. The molecular weight excluding hydrogens is 180 g/mol. The Morgan fingerprint density at radius 1 is 1.13 bits per heavy atom. The van der Waals surface area contributed by atoms with Gasteiger partial charge in [0.15, 0.2) is 0 Å². The molecule has 0 bridgehead atoms. The fourth-order valence-corrected chi connectivity index (χ4v) is 1.13. The molecule has 0 amide bonds. The summed E-state index contributed by atoms with van der Waals surface area (Å²) in [4.78, 5) is 0. The van der Waals surface area contributed by atoms with Crippen molar-refractivity contribution in [2.75, 3.05) is 0 Å². The highest BCUT2D eigenvalue weighted by Crippen LogP contribution is 2.10. The molecule has 15 heavy (non-hydrogen) atoms. The highest BCUT2D eigenvalue weighted by molar-refractivity contribution is 5.49. The highest BCUT2D eigenvalue weighted by Gasteiger charge is 2.02. The third-order valence-electron chi connectivity index (χ3n) is 1.79. The summed E-state index contributed by atoms with van der Waals surface area (Å²) in [5, 5.41) is 0. The topological polar surface area (TPSA) is 0 Å². The van der Waals surface area contributed by atoms with E-state index in [0.717, 1.165) is 6.42 Å². The molecule has 0 unspecified atom stereocenters. The summed E-state index contributed by atoms with van der Waals surface area (Å²) >= 11 is 0. The van der Waals surface area contributed by atoms with Crippen molar-refractivity contribution in [2.45, 2.75) is 27.2 Å². The van der Waals surface area contributed by atoms with Gasteiger partial charge in [-0.25, -0.2) is 0 Å². The summed E-state index contributed by atoms with van der Waals surface area (Å²) in [5.41, 5.74) is 1.34.